The Morgan fingerprint density at radius 3 is 2.96 bits per heavy atom. The van der Waals surface area contributed by atoms with Gasteiger partial charge in [-0.3, -0.25) is 9.48 Å². The number of hydrogen-bond acceptors (Lipinski definition) is 7. The van der Waals surface area contributed by atoms with Crippen LogP contribution >= 0.6 is 11.5 Å². The maximum atomic E-state index is 13.1. The summed E-state index contributed by atoms with van der Waals surface area (Å²) >= 11 is 1.29. The van der Waals surface area contributed by atoms with Gasteiger partial charge in [-0.15, -0.1) is 0 Å². The van der Waals surface area contributed by atoms with Crippen LogP contribution < -0.4 is 4.90 Å². The van der Waals surface area contributed by atoms with E-state index in [-0.39, 0.29) is 12.3 Å². The second kappa shape index (κ2) is 7.17. The third kappa shape index (κ3) is 3.37. The van der Waals surface area contributed by atoms with Gasteiger partial charge in [0.15, 0.2) is 0 Å². The fourth-order valence-electron chi connectivity index (χ4n) is 2.92. The van der Waals surface area contributed by atoms with Crippen molar-refractivity contribution in [3.63, 3.8) is 0 Å². The molecule has 10 heteroatoms. The highest BCUT2D eigenvalue weighted by molar-refractivity contribution is 7.93. The van der Waals surface area contributed by atoms with Crippen molar-refractivity contribution in [2.24, 2.45) is 4.36 Å². The van der Waals surface area contributed by atoms with Crippen LogP contribution in [0.4, 0.5) is 5.00 Å². The molecule has 8 nitrogen and oxygen atoms in total. The van der Waals surface area contributed by atoms with E-state index in [0.717, 1.165) is 10.7 Å². The molecular weight excluding hydrogens is 372 g/mol. The van der Waals surface area contributed by atoms with Crippen LogP contribution in [0.2, 0.25) is 0 Å². The van der Waals surface area contributed by atoms with E-state index in [4.69, 9.17) is 0 Å². The number of aromatic nitrogens is 3. The Bertz CT molecular complexity index is 1010. The Labute approximate surface area is 156 Å². The number of nitriles is 1. The number of carbonyl (C=O) groups is 1. The van der Waals surface area contributed by atoms with Crippen molar-refractivity contribution in [2.45, 2.75) is 44.7 Å². The summed E-state index contributed by atoms with van der Waals surface area (Å²) in [4.78, 5) is 14.4. The van der Waals surface area contributed by atoms with E-state index in [1.165, 1.54) is 17.8 Å². The first-order valence-electron chi connectivity index (χ1n) is 8.28. The standard InChI is InChI=1S/C16H20N6O2S2/c1-4-5-15(23)20-26(3,24)14-9-18-22-7-6-21(10-13(14)22)16-12(8-17)11(2)19-25-16/h9H,4-7,10H2,1-3H3. The Kier molecular flexibility index (Phi) is 5.11. The molecule has 1 aliphatic rings. The van der Waals surface area contributed by atoms with Crippen molar-refractivity contribution < 1.29 is 9.00 Å². The highest BCUT2D eigenvalue weighted by atomic mass is 32.2. The molecule has 0 bridgehead atoms. The van der Waals surface area contributed by atoms with E-state index in [9.17, 15) is 14.3 Å². The summed E-state index contributed by atoms with van der Waals surface area (Å²) in [5.74, 6) is -0.350. The highest BCUT2D eigenvalue weighted by Crippen LogP contribution is 2.32. The summed E-state index contributed by atoms with van der Waals surface area (Å²) in [5.41, 5.74) is 2.06. The number of aryl methyl sites for hydroxylation is 1. The molecule has 0 saturated heterocycles. The summed E-state index contributed by atoms with van der Waals surface area (Å²) in [6.07, 6.45) is 3.98. The zero-order chi connectivity index (χ0) is 18.9. The monoisotopic (exact) mass is 392 g/mol. The molecule has 138 valence electrons. The fraction of sp³-hybridized carbons (Fsp3) is 0.500. The van der Waals surface area contributed by atoms with E-state index in [0.29, 0.717) is 42.2 Å². The van der Waals surface area contributed by atoms with Gasteiger partial charge >= 0.3 is 0 Å². The minimum Gasteiger partial charge on any atom is -0.353 e. The van der Waals surface area contributed by atoms with Crippen molar-refractivity contribution in [3.05, 3.63) is 23.1 Å². The molecule has 0 N–H and O–H groups in total. The topological polar surface area (TPSA) is 104 Å². The number of anilines is 1. The first-order valence-corrected chi connectivity index (χ1v) is 11.0. The smallest absolute Gasteiger partial charge is 0.254 e. The molecule has 0 fully saturated rings. The van der Waals surface area contributed by atoms with Gasteiger partial charge in [0.25, 0.3) is 5.91 Å². The Morgan fingerprint density at radius 2 is 2.27 bits per heavy atom. The lowest BCUT2D eigenvalue weighted by Crippen LogP contribution is -2.34. The normalized spacial score (nSPS) is 15.8. The van der Waals surface area contributed by atoms with Crippen LogP contribution in [0, 0.1) is 18.3 Å². The van der Waals surface area contributed by atoms with Crippen LogP contribution in [0.1, 0.15) is 36.7 Å². The van der Waals surface area contributed by atoms with Gasteiger partial charge in [0, 0.05) is 19.2 Å². The number of carbonyl (C=O) groups excluding carboxylic acids is 1. The van der Waals surface area contributed by atoms with Crippen LogP contribution in [0.5, 0.6) is 0 Å². The van der Waals surface area contributed by atoms with E-state index < -0.39 is 9.73 Å². The Hall–Kier alpha value is -2.25. The number of hydrogen-bond donors (Lipinski definition) is 0. The van der Waals surface area contributed by atoms with Gasteiger partial charge in [-0.25, -0.2) is 4.21 Å². The van der Waals surface area contributed by atoms with Crippen molar-refractivity contribution in [1.29, 1.82) is 5.26 Å². The molecular formula is C16H20N6O2S2. The average molecular weight is 393 g/mol. The molecule has 0 spiro atoms. The third-order valence-electron chi connectivity index (χ3n) is 4.22. The quantitative estimate of drug-likeness (QED) is 0.791. The van der Waals surface area contributed by atoms with Crippen LogP contribution in [0.3, 0.4) is 0 Å². The predicted molar refractivity (Wildman–Crippen MR) is 99.5 cm³/mol. The maximum Gasteiger partial charge on any atom is 0.254 e. The van der Waals surface area contributed by atoms with Gasteiger partial charge in [0.05, 0.1) is 45.3 Å². The molecule has 0 saturated carbocycles. The molecule has 1 amide bonds. The molecule has 2 aromatic rings. The number of amides is 1. The Balaban J connectivity index is 1.97. The summed E-state index contributed by atoms with van der Waals surface area (Å²) in [7, 11) is -2.86. The number of rotatable bonds is 4. The lowest BCUT2D eigenvalue weighted by Gasteiger charge is -2.29. The van der Waals surface area contributed by atoms with E-state index in [1.54, 1.807) is 10.9 Å². The van der Waals surface area contributed by atoms with E-state index in [1.807, 2.05) is 18.7 Å². The van der Waals surface area contributed by atoms with Crippen LogP contribution in [-0.4, -0.2) is 37.1 Å². The van der Waals surface area contributed by atoms with Crippen molar-refractivity contribution in [2.75, 3.05) is 17.7 Å². The third-order valence-corrected chi connectivity index (χ3v) is 6.93. The molecule has 3 rings (SSSR count). The minimum atomic E-state index is -2.86. The lowest BCUT2D eigenvalue weighted by atomic mass is 10.2. The molecule has 26 heavy (non-hydrogen) atoms. The van der Waals surface area contributed by atoms with Crippen LogP contribution in [0.25, 0.3) is 0 Å². The van der Waals surface area contributed by atoms with E-state index in [2.05, 4.69) is 19.9 Å². The predicted octanol–water partition coefficient (Wildman–Crippen LogP) is 2.32. The van der Waals surface area contributed by atoms with Gasteiger partial charge in [-0.1, -0.05) is 6.92 Å². The largest absolute Gasteiger partial charge is 0.353 e. The van der Waals surface area contributed by atoms with Gasteiger partial charge < -0.3 is 4.90 Å². The summed E-state index contributed by atoms with van der Waals surface area (Å²) < 4.78 is 23.1. The molecule has 0 aliphatic carbocycles. The first kappa shape index (κ1) is 18.5. The minimum absolute atomic E-state index is 0.284. The fourth-order valence-corrected chi connectivity index (χ4v) is 5.21. The molecule has 0 aromatic carbocycles. The second-order valence-electron chi connectivity index (χ2n) is 6.20. The molecule has 1 atom stereocenters. The molecule has 3 heterocycles. The van der Waals surface area contributed by atoms with Crippen LogP contribution in [0.15, 0.2) is 15.5 Å². The first-order chi connectivity index (χ1) is 12.4. The molecule has 2 aromatic heterocycles. The maximum absolute atomic E-state index is 13.1. The summed E-state index contributed by atoms with van der Waals surface area (Å²) in [6.45, 7) is 5.44. The lowest BCUT2D eigenvalue weighted by molar-refractivity contribution is -0.117. The SMILES string of the molecule is CCCC(=O)N=S(C)(=O)c1cnn2c1CN(c1snc(C)c1C#N)CC2. The Morgan fingerprint density at radius 1 is 1.50 bits per heavy atom. The van der Waals surface area contributed by atoms with Gasteiger partial charge in [-0.2, -0.15) is 19.1 Å². The van der Waals surface area contributed by atoms with Crippen molar-refractivity contribution in [1.82, 2.24) is 14.2 Å². The molecule has 0 radical (unpaired) electrons. The highest BCUT2D eigenvalue weighted by Gasteiger charge is 2.27. The molecule has 1 unspecified atom stereocenters. The van der Waals surface area contributed by atoms with Crippen molar-refractivity contribution in [3.8, 4) is 6.07 Å². The number of nitrogens with zero attached hydrogens (tertiary/aromatic N) is 6. The summed E-state index contributed by atoms with van der Waals surface area (Å²) in [6, 6.07) is 2.21. The molecule has 1 aliphatic heterocycles. The zero-order valence-electron chi connectivity index (χ0n) is 14.9. The second-order valence-corrected chi connectivity index (χ2v) is 9.18. The number of fused-ring (bicyclic) bond motifs is 1. The summed E-state index contributed by atoms with van der Waals surface area (Å²) in [5, 5.41) is 14.5. The van der Waals surface area contributed by atoms with E-state index >= 15 is 0 Å². The zero-order valence-corrected chi connectivity index (χ0v) is 16.6. The van der Waals surface area contributed by atoms with Gasteiger partial charge in [0.2, 0.25) is 0 Å². The van der Waals surface area contributed by atoms with Crippen LogP contribution in [-0.2, 0) is 27.6 Å². The van der Waals surface area contributed by atoms with Gasteiger partial charge in [-0.05, 0) is 24.9 Å². The van der Waals surface area contributed by atoms with Crippen molar-refractivity contribution >= 4 is 32.2 Å². The average Bonchev–Trinajstić information content (AvgIpc) is 3.17. The van der Waals surface area contributed by atoms with Gasteiger partial charge in [0.1, 0.15) is 16.6 Å².